The van der Waals surface area contributed by atoms with Crippen molar-refractivity contribution in [2.75, 3.05) is 18.8 Å². The lowest BCUT2D eigenvalue weighted by molar-refractivity contribution is -0.137. The van der Waals surface area contributed by atoms with Gasteiger partial charge >= 0.3 is 6.18 Å². The van der Waals surface area contributed by atoms with Crippen LogP contribution in [-0.4, -0.2) is 46.9 Å². The van der Waals surface area contributed by atoms with Gasteiger partial charge < -0.3 is 16.4 Å². The third kappa shape index (κ3) is 7.18. The molecule has 2 atom stereocenters. The molecule has 0 saturated carbocycles. The molecular formula is C24H30F3N5O2. The van der Waals surface area contributed by atoms with Gasteiger partial charge in [0, 0.05) is 19.2 Å². The summed E-state index contributed by atoms with van der Waals surface area (Å²) in [7, 11) is 0. The summed E-state index contributed by atoms with van der Waals surface area (Å²) >= 11 is 0. The SMILES string of the molecule is C[C@H](C(=O)N[C@@H](Cc1ccc(C(F)(F)F)cc1)C(=O)NCc1ccc(N)nc1)N1CCCCC1. The molecular weight excluding hydrogens is 447 g/mol. The van der Waals surface area contributed by atoms with E-state index >= 15 is 0 Å². The molecule has 1 fully saturated rings. The number of hydrogen-bond donors (Lipinski definition) is 3. The number of carbonyl (C=O) groups is 2. The van der Waals surface area contributed by atoms with E-state index < -0.39 is 29.7 Å². The molecule has 7 nitrogen and oxygen atoms in total. The van der Waals surface area contributed by atoms with Gasteiger partial charge in [-0.05, 0) is 62.2 Å². The molecule has 3 rings (SSSR count). The average molecular weight is 478 g/mol. The van der Waals surface area contributed by atoms with Crippen LogP contribution in [0.25, 0.3) is 0 Å². The van der Waals surface area contributed by atoms with Crippen LogP contribution in [0.1, 0.15) is 42.9 Å². The Labute approximate surface area is 196 Å². The maximum Gasteiger partial charge on any atom is 0.416 e. The lowest BCUT2D eigenvalue weighted by atomic mass is 10.0. The van der Waals surface area contributed by atoms with Crippen LogP contribution in [0.5, 0.6) is 0 Å². The number of benzene rings is 1. The number of amides is 2. The Bertz CT molecular complexity index is 958. The van der Waals surface area contributed by atoms with E-state index in [1.807, 2.05) is 0 Å². The molecule has 1 aromatic heterocycles. The average Bonchev–Trinajstić information content (AvgIpc) is 2.83. The number of nitrogens with zero attached hydrogens (tertiary/aromatic N) is 2. The predicted molar refractivity (Wildman–Crippen MR) is 122 cm³/mol. The number of piperidine rings is 1. The summed E-state index contributed by atoms with van der Waals surface area (Å²) in [6, 6.07) is 6.59. The first kappa shape index (κ1) is 25.5. The Kier molecular flexibility index (Phi) is 8.49. The van der Waals surface area contributed by atoms with Crippen molar-refractivity contribution in [2.24, 2.45) is 0 Å². The molecule has 1 saturated heterocycles. The molecule has 0 radical (unpaired) electrons. The maximum atomic E-state index is 13.0. The van der Waals surface area contributed by atoms with Crippen molar-refractivity contribution in [3.05, 3.63) is 59.3 Å². The van der Waals surface area contributed by atoms with E-state index in [1.54, 1.807) is 19.1 Å². The van der Waals surface area contributed by atoms with Crippen LogP contribution in [0.4, 0.5) is 19.0 Å². The van der Waals surface area contributed by atoms with Crippen molar-refractivity contribution in [2.45, 2.75) is 57.4 Å². The van der Waals surface area contributed by atoms with Crippen molar-refractivity contribution >= 4 is 17.6 Å². The van der Waals surface area contributed by atoms with E-state index in [1.165, 1.54) is 18.3 Å². The molecule has 2 heterocycles. The lowest BCUT2D eigenvalue weighted by Gasteiger charge is -2.32. The summed E-state index contributed by atoms with van der Waals surface area (Å²) in [6.45, 7) is 3.60. The minimum atomic E-state index is -4.44. The summed E-state index contributed by atoms with van der Waals surface area (Å²) in [4.78, 5) is 32.0. The first-order valence-corrected chi connectivity index (χ1v) is 11.3. The van der Waals surface area contributed by atoms with Crippen LogP contribution >= 0.6 is 0 Å². The molecule has 184 valence electrons. The number of rotatable bonds is 8. The van der Waals surface area contributed by atoms with Crippen LogP contribution in [0.2, 0.25) is 0 Å². The van der Waals surface area contributed by atoms with Gasteiger partial charge in [-0.15, -0.1) is 0 Å². The van der Waals surface area contributed by atoms with Crippen LogP contribution in [0, 0.1) is 0 Å². The molecule has 2 aromatic rings. The molecule has 4 N–H and O–H groups in total. The fourth-order valence-electron chi connectivity index (χ4n) is 3.89. The Morgan fingerprint density at radius 2 is 1.68 bits per heavy atom. The molecule has 1 aliphatic heterocycles. The topological polar surface area (TPSA) is 100 Å². The molecule has 2 amide bonds. The van der Waals surface area contributed by atoms with Crippen LogP contribution in [0.15, 0.2) is 42.6 Å². The number of carbonyl (C=O) groups excluding carboxylic acids is 2. The fraction of sp³-hybridized carbons (Fsp3) is 0.458. The number of halogens is 3. The zero-order valence-corrected chi connectivity index (χ0v) is 19.1. The van der Waals surface area contributed by atoms with Crippen molar-refractivity contribution in [3.8, 4) is 0 Å². The third-order valence-electron chi connectivity index (χ3n) is 5.99. The second-order valence-electron chi connectivity index (χ2n) is 8.54. The minimum absolute atomic E-state index is 0.0580. The number of anilines is 1. The molecule has 0 aliphatic carbocycles. The van der Waals surface area contributed by atoms with Gasteiger partial charge in [0.1, 0.15) is 11.9 Å². The smallest absolute Gasteiger partial charge is 0.384 e. The molecule has 1 aliphatic rings. The van der Waals surface area contributed by atoms with Crippen molar-refractivity contribution < 1.29 is 22.8 Å². The number of pyridine rings is 1. The fourth-order valence-corrected chi connectivity index (χ4v) is 3.89. The number of likely N-dealkylation sites (tertiary alicyclic amines) is 1. The molecule has 0 bridgehead atoms. The van der Waals surface area contributed by atoms with Gasteiger partial charge in [-0.25, -0.2) is 4.98 Å². The predicted octanol–water partition coefficient (Wildman–Crippen LogP) is 2.90. The molecule has 10 heteroatoms. The second-order valence-corrected chi connectivity index (χ2v) is 8.54. The van der Waals surface area contributed by atoms with Gasteiger partial charge in [-0.2, -0.15) is 13.2 Å². The molecule has 1 aromatic carbocycles. The zero-order valence-electron chi connectivity index (χ0n) is 19.1. The summed E-state index contributed by atoms with van der Waals surface area (Å²) in [5, 5.41) is 5.57. The van der Waals surface area contributed by atoms with Gasteiger partial charge in [0.2, 0.25) is 11.8 Å². The number of nitrogens with two attached hydrogens (primary N) is 1. The molecule has 34 heavy (non-hydrogen) atoms. The summed E-state index contributed by atoms with van der Waals surface area (Å²) in [5.74, 6) is -0.367. The summed E-state index contributed by atoms with van der Waals surface area (Å²) in [6.07, 6.45) is 0.315. The lowest BCUT2D eigenvalue weighted by Crippen LogP contribution is -2.54. The van der Waals surface area contributed by atoms with E-state index in [9.17, 15) is 22.8 Å². The first-order valence-electron chi connectivity index (χ1n) is 11.3. The normalized spacial score (nSPS) is 16.5. The highest BCUT2D eigenvalue weighted by Gasteiger charge is 2.31. The highest BCUT2D eigenvalue weighted by Crippen LogP contribution is 2.29. The van der Waals surface area contributed by atoms with E-state index in [2.05, 4.69) is 20.5 Å². The van der Waals surface area contributed by atoms with Crippen molar-refractivity contribution in [3.63, 3.8) is 0 Å². The maximum absolute atomic E-state index is 13.0. The number of hydrogen-bond acceptors (Lipinski definition) is 5. The first-order chi connectivity index (χ1) is 16.1. The number of alkyl halides is 3. The van der Waals surface area contributed by atoms with Gasteiger partial charge in [-0.3, -0.25) is 14.5 Å². The van der Waals surface area contributed by atoms with Crippen molar-refractivity contribution in [1.29, 1.82) is 0 Å². The van der Waals surface area contributed by atoms with E-state index in [0.717, 1.165) is 50.0 Å². The number of nitrogen functional groups attached to an aromatic ring is 1. The Balaban J connectivity index is 1.70. The van der Waals surface area contributed by atoms with Gasteiger partial charge in [0.05, 0.1) is 11.6 Å². The van der Waals surface area contributed by atoms with E-state index in [0.29, 0.717) is 11.4 Å². The van der Waals surface area contributed by atoms with Gasteiger partial charge in [0.25, 0.3) is 0 Å². The number of nitrogens with one attached hydrogen (secondary N) is 2. The Morgan fingerprint density at radius 3 is 2.26 bits per heavy atom. The summed E-state index contributed by atoms with van der Waals surface area (Å²) < 4.78 is 38.7. The Hall–Kier alpha value is -3.14. The zero-order chi connectivity index (χ0) is 24.7. The van der Waals surface area contributed by atoms with Crippen molar-refractivity contribution in [1.82, 2.24) is 20.5 Å². The Morgan fingerprint density at radius 1 is 1.03 bits per heavy atom. The van der Waals surface area contributed by atoms with E-state index in [4.69, 9.17) is 5.73 Å². The highest BCUT2D eigenvalue weighted by atomic mass is 19.4. The van der Waals surface area contributed by atoms with Crippen LogP contribution in [0.3, 0.4) is 0 Å². The standard InChI is InChI=1S/C24H30F3N5O2/c1-16(32-11-3-2-4-12-32)22(33)31-20(13-17-5-8-19(9-6-17)24(25,26)27)23(34)30-15-18-7-10-21(28)29-14-18/h5-10,14,16,20H,2-4,11-13,15H2,1H3,(H2,28,29)(H,30,34)(H,31,33)/t16-,20+/m1/s1. The number of aromatic nitrogens is 1. The van der Waals surface area contributed by atoms with Gasteiger partial charge in [-0.1, -0.05) is 24.6 Å². The van der Waals surface area contributed by atoms with Crippen LogP contribution < -0.4 is 16.4 Å². The quantitative estimate of drug-likeness (QED) is 0.543. The second kappa shape index (κ2) is 11.3. The third-order valence-corrected chi connectivity index (χ3v) is 5.99. The monoisotopic (exact) mass is 477 g/mol. The van der Waals surface area contributed by atoms with E-state index in [-0.39, 0.29) is 18.9 Å². The van der Waals surface area contributed by atoms with Gasteiger partial charge in [0.15, 0.2) is 0 Å². The molecule has 0 spiro atoms. The summed E-state index contributed by atoms with van der Waals surface area (Å²) in [5.41, 5.74) is 6.04. The molecule has 0 unspecified atom stereocenters. The highest BCUT2D eigenvalue weighted by molar-refractivity contribution is 5.89. The largest absolute Gasteiger partial charge is 0.416 e. The minimum Gasteiger partial charge on any atom is -0.384 e. The van der Waals surface area contributed by atoms with Crippen LogP contribution in [-0.2, 0) is 28.7 Å².